The normalized spacial score (nSPS) is 20.6. The highest BCUT2D eigenvalue weighted by atomic mass is 35.5. The Labute approximate surface area is 202 Å². The largest absolute Gasteiger partial charge is 0.352 e. The number of benzene rings is 2. The molecule has 4 nitrogen and oxygen atoms in total. The molecule has 0 aromatic heterocycles. The van der Waals surface area contributed by atoms with Crippen molar-refractivity contribution in [1.29, 1.82) is 0 Å². The molecule has 0 bridgehead atoms. The SMILES string of the molecule is CC1CCN(Cc2cccc(CNC(=O)C3CCCN(Cc4c(F)cccc4Cl)C3)c2)CC1. The van der Waals surface area contributed by atoms with Crippen molar-refractivity contribution >= 4 is 17.5 Å². The molecule has 6 heteroatoms. The maximum absolute atomic E-state index is 14.2. The van der Waals surface area contributed by atoms with Crippen molar-refractivity contribution in [3.8, 4) is 0 Å². The summed E-state index contributed by atoms with van der Waals surface area (Å²) in [5, 5.41) is 3.58. The van der Waals surface area contributed by atoms with E-state index in [1.807, 2.05) is 0 Å². The Morgan fingerprint density at radius 3 is 2.58 bits per heavy atom. The Morgan fingerprint density at radius 1 is 1.03 bits per heavy atom. The van der Waals surface area contributed by atoms with Crippen molar-refractivity contribution in [2.24, 2.45) is 11.8 Å². The Balaban J connectivity index is 1.28. The highest BCUT2D eigenvalue weighted by Crippen LogP contribution is 2.24. The number of nitrogens with one attached hydrogen (secondary N) is 1. The van der Waals surface area contributed by atoms with Crippen LogP contribution in [0.1, 0.15) is 49.3 Å². The molecule has 2 aliphatic heterocycles. The van der Waals surface area contributed by atoms with E-state index in [4.69, 9.17) is 11.6 Å². The molecule has 2 aliphatic rings. The van der Waals surface area contributed by atoms with Crippen LogP contribution in [0.3, 0.4) is 0 Å². The molecule has 2 heterocycles. The summed E-state index contributed by atoms with van der Waals surface area (Å²) in [5.41, 5.74) is 2.96. The zero-order valence-electron chi connectivity index (χ0n) is 19.5. The number of nitrogens with zero attached hydrogens (tertiary/aromatic N) is 2. The van der Waals surface area contributed by atoms with E-state index in [2.05, 4.69) is 46.3 Å². The number of piperidine rings is 2. The molecule has 0 radical (unpaired) electrons. The summed E-state index contributed by atoms with van der Waals surface area (Å²) in [6.07, 6.45) is 4.34. The molecule has 33 heavy (non-hydrogen) atoms. The van der Waals surface area contributed by atoms with Crippen molar-refractivity contribution in [1.82, 2.24) is 15.1 Å². The van der Waals surface area contributed by atoms with Gasteiger partial charge >= 0.3 is 0 Å². The summed E-state index contributed by atoms with van der Waals surface area (Å²) < 4.78 is 14.2. The van der Waals surface area contributed by atoms with Crippen LogP contribution < -0.4 is 5.32 Å². The van der Waals surface area contributed by atoms with Gasteiger partial charge in [0.05, 0.1) is 5.92 Å². The fourth-order valence-electron chi connectivity index (χ4n) is 4.97. The van der Waals surface area contributed by atoms with Crippen molar-refractivity contribution in [3.05, 3.63) is 70.0 Å². The summed E-state index contributed by atoms with van der Waals surface area (Å²) in [7, 11) is 0. The first-order chi connectivity index (χ1) is 16.0. The Morgan fingerprint density at radius 2 is 1.79 bits per heavy atom. The van der Waals surface area contributed by atoms with Crippen LogP contribution >= 0.6 is 11.6 Å². The topological polar surface area (TPSA) is 35.6 Å². The fourth-order valence-corrected chi connectivity index (χ4v) is 5.19. The first-order valence-electron chi connectivity index (χ1n) is 12.2. The van der Waals surface area contributed by atoms with Gasteiger partial charge in [0.15, 0.2) is 0 Å². The minimum absolute atomic E-state index is 0.0785. The monoisotopic (exact) mass is 471 g/mol. The zero-order chi connectivity index (χ0) is 23.2. The second-order valence-electron chi connectivity index (χ2n) is 9.77. The van der Waals surface area contributed by atoms with Gasteiger partial charge in [-0.1, -0.05) is 48.9 Å². The van der Waals surface area contributed by atoms with Crippen LogP contribution in [0, 0.1) is 17.7 Å². The third-order valence-electron chi connectivity index (χ3n) is 7.06. The van der Waals surface area contributed by atoms with Crippen LogP contribution in [0.2, 0.25) is 5.02 Å². The molecule has 4 rings (SSSR count). The number of halogens is 2. The summed E-state index contributed by atoms with van der Waals surface area (Å²) in [5.74, 6) is 0.549. The molecule has 1 amide bonds. The maximum Gasteiger partial charge on any atom is 0.224 e. The summed E-state index contributed by atoms with van der Waals surface area (Å²) in [6, 6.07) is 13.3. The number of hydrogen-bond acceptors (Lipinski definition) is 3. The summed E-state index contributed by atoms with van der Waals surface area (Å²) in [6.45, 7) is 8.10. The lowest BCUT2D eigenvalue weighted by Gasteiger charge is -2.32. The molecule has 0 aliphatic carbocycles. The average Bonchev–Trinajstić information content (AvgIpc) is 2.82. The second-order valence-corrected chi connectivity index (χ2v) is 10.2. The fraction of sp³-hybridized carbons (Fsp3) is 0.519. The minimum atomic E-state index is -0.284. The molecule has 178 valence electrons. The van der Waals surface area contributed by atoms with Gasteiger partial charge in [-0.15, -0.1) is 0 Å². The van der Waals surface area contributed by atoms with Gasteiger partial charge in [-0.05, 0) is 74.5 Å². The van der Waals surface area contributed by atoms with Crippen LogP contribution in [0.5, 0.6) is 0 Å². The first kappa shape index (κ1) is 24.2. The van der Waals surface area contributed by atoms with Gasteiger partial charge in [0.2, 0.25) is 5.91 Å². The smallest absolute Gasteiger partial charge is 0.224 e. The van der Waals surface area contributed by atoms with Gasteiger partial charge in [-0.25, -0.2) is 4.39 Å². The number of rotatable bonds is 7. The van der Waals surface area contributed by atoms with E-state index in [9.17, 15) is 9.18 Å². The van der Waals surface area contributed by atoms with Crippen molar-refractivity contribution in [2.45, 2.75) is 52.2 Å². The highest BCUT2D eigenvalue weighted by Gasteiger charge is 2.26. The van der Waals surface area contributed by atoms with Crippen molar-refractivity contribution in [2.75, 3.05) is 26.2 Å². The highest BCUT2D eigenvalue weighted by molar-refractivity contribution is 6.31. The molecule has 1 unspecified atom stereocenters. The summed E-state index contributed by atoms with van der Waals surface area (Å²) >= 11 is 6.20. The van der Waals surface area contributed by atoms with E-state index >= 15 is 0 Å². The van der Waals surface area contributed by atoms with Gasteiger partial charge in [-0.2, -0.15) is 0 Å². The minimum Gasteiger partial charge on any atom is -0.352 e. The molecule has 1 atom stereocenters. The molecule has 2 saturated heterocycles. The molecular formula is C27H35ClFN3O. The first-order valence-corrected chi connectivity index (χ1v) is 12.6. The third-order valence-corrected chi connectivity index (χ3v) is 7.41. The molecule has 1 N–H and O–H groups in total. The second kappa shape index (κ2) is 11.5. The number of carbonyl (C=O) groups excluding carboxylic acids is 1. The lowest BCUT2D eigenvalue weighted by Crippen LogP contribution is -2.42. The molecule has 2 fully saturated rings. The quantitative estimate of drug-likeness (QED) is 0.599. The standard InChI is InChI=1S/C27H35ClFN3O/c1-20-10-13-31(14-11-20)17-22-6-2-5-21(15-22)16-30-27(33)23-7-4-12-32(18-23)19-24-25(28)8-3-9-26(24)29/h2-3,5-6,8-9,15,20,23H,4,7,10-14,16-19H2,1H3,(H,30,33). The van der Waals surface area contributed by atoms with E-state index in [1.54, 1.807) is 12.1 Å². The molecule has 2 aromatic carbocycles. The van der Waals surface area contributed by atoms with Gasteiger partial charge < -0.3 is 5.32 Å². The number of hydrogen-bond donors (Lipinski definition) is 1. The maximum atomic E-state index is 14.2. The Kier molecular flexibility index (Phi) is 8.39. The predicted octanol–water partition coefficient (Wildman–Crippen LogP) is 5.24. The van der Waals surface area contributed by atoms with Gasteiger partial charge in [0.25, 0.3) is 0 Å². The van der Waals surface area contributed by atoms with Crippen LogP contribution in [-0.2, 0) is 24.4 Å². The number of amides is 1. The van der Waals surface area contributed by atoms with Crippen molar-refractivity contribution in [3.63, 3.8) is 0 Å². The molecule has 0 saturated carbocycles. The molecular weight excluding hydrogens is 437 g/mol. The van der Waals surface area contributed by atoms with Gasteiger partial charge in [-0.3, -0.25) is 14.6 Å². The van der Waals surface area contributed by atoms with Crippen LogP contribution in [-0.4, -0.2) is 41.9 Å². The number of carbonyl (C=O) groups is 1. The van der Waals surface area contributed by atoms with Crippen LogP contribution in [0.15, 0.2) is 42.5 Å². The lowest BCUT2D eigenvalue weighted by atomic mass is 9.96. The van der Waals surface area contributed by atoms with Gasteiger partial charge in [0, 0.05) is 36.8 Å². The molecule has 2 aromatic rings. The van der Waals surface area contributed by atoms with Gasteiger partial charge in [0.1, 0.15) is 5.82 Å². The van der Waals surface area contributed by atoms with E-state index in [0.29, 0.717) is 30.2 Å². The van der Waals surface area contributed by atoms with E-state index in [1.165, 1.54) is 37.6 Å². The van der Waals surface area contributed by atoms with E-state index < -0.39 is 0 Å². The van der Waals surface area contributed by atoms with Crippen molar-refractivity contribution < 1.29 is 9.18 Å². The average molecular weight is 472 g/mol. The zero-order valence-corrected chi connectivity index (χ0v) is 20.3. The molecule has 0 spiro atoms. The summed E-state index contributed by atoms with van der Waals surface area (Å²) in [4.78, 5) is 17.6. The number of likely N-dealkylation sites (tertiary alicyclic amines) is 2. The predicted molar refractivity (Wildman–Crippen MR) is 131 cm³/mol. The van der Waals surface area contributed by atoms with Crippen LogP contribution in [0.25, 0.3) is 0 Å². The Hall–Kier alpha value is -1.95. The lowest BCUT2D eigenvalue weighted by molar-refractivity contribution is -0.126. The van der Waals surface area contributed by atoms with E-state index in [-0.39, 0.29) is 17.6 Å². The van der Waals surface area contributed by atoms with E-state index in [0.717, 1.165) is 37.4 Å². The Bertz CT molecular complexity index is 924. The third kappa shape index (κ3) is 6.78. The van der Waals surface area contributed by atoms with Crippen LogP contribution in [0.4, 0.5) is 4.39 Å².